The molecule has 1 saturated heterocycles. The normalized spacial score (nSPS) is 25.6. The molecule has 1 atom stereocenters. The third-order valence-corrected chi connectivity index (χ3v) is 4.79. The number of ether oxygens (including phenoxy) is 1. The number of aryl methyl sites for hydroxylation is 1. The highest BCUT2D eigenvalue weighted by Gasteiger charge is 2.50. The quantitative estimate of drug-likeness (QED) is 0.830. The minimum atomic E-state index is -0.241. The number of hydrogen-bond donors (Lipinski definition) is 0. The van der Waals surface area contributed by atoms with Gasteiger partial charge in [-0.3, -0.25) is 4.79 Å². The highest BCUT2D eigenvalue weighted by molar-refractivity contribution is 5.91. The highest BCUT2D eigenvalue weighted by Crippen LogP contribution is 2.44. The second-order valence-electron chi connectivity index (χ2n) is 6.37. The van der Waals surface area contributed by atoms with Crippen LogP contribution in [0.3, 0.4) is 0 Å². The lowest BCUT2D eigenvalue weighted by atomic mass is 9.93. The fourth-order valence-electron chi connectivity index (χ4n) is 3.26. The van der Waals surface area contributed by atoms with Crippen molar-refractivity contribution in [1.29, 1.82) is 0 Å². The Labute approximate surface area is 128 Å². The Morgan fingerprint density at radius 3 is 3.00 bits per heavy atom. The fraction of sp³-hybridized carbons (Fsp3) is 0.600. The number of morpholine rings is 1. The largest absolute Gasteiger partial charge is 0.377 e. The fourth-order valence-corrected chi connectivity index (χ4v) is 3.26. The Morgan fingerprint density at radius 2 is 2.27 bits per heavy atom. The van der Waals surface area contributed by atoms with Gasteiger partial charge in [-0.05, 0) is 38.7 Å². The number of fused-ring (bicyclic) bond motifs is 1. The van der Waals surface area contributed by atoms with Crippen LogP contribution in [-0.2, 0) is 4.74 Å². The van der Waals surface area contributed by atoms with E-state index in [1.165, 1.54) is 0 Å². The molecule has 0 N–H and O–H groups in total. The first-order chi connectivity index (χ1) is 10.6. The van der Waals surface area contributed by atoms with Crippen LogP contribution >= 0.6 is 0 Å². The van der Waals surface area contributed by atoms with Crippen molar-refractivity contribution in [2.75, 3.05) is 19.8 Å². The average molecular weight is 301 g/mol. The molecule has 0 radical (unpaired) electrons. The molecule has 1 saturated carbocycles. The molecule has 2 aliphatic rings. The summed E-state index contributed by atoms with van der Waals surface area (Å²) < 4.78 is 7.24. The highest BCUT2D eigenvalue weighted by atomic mass is 16.5. The second kappa shape index (κ2) is 4.74. The van der Waals surface area contributed by atoms with Gasteiger partial charge in [-0.2, -0.15) is 4.98 Å². The Kier molecular flexibility index (Phi) is 2.94. The van der Waals surface area contributed by atoms with Crippen molar-refractivity contribution in [3.63, 3.8) is 0 Å². The molecule has 116 valence electrons. The first-order valence-corrected chi connectivity index (χ1v) is 7.68. The van der Waals surface area contributed by atoms with Crippen LogP contribution in [0, 0.1) is 12.8 Å². The first-order valence-electron chi connectivity index (χ1n) is 7.68. The molecule has 1 aliphatic heterocycles. The predicted molar refractivity (Wildman–Crippen MR) is 78.5 cm³/mol. The van der Waals surface area contributed by atoms with E-state index in [1.807, 2.05) is 17.9 Å². The Balaban J connectivity index is 1.71. The summed E-state index contributed by atoms with van der Waals surface area (Å²) in [6, 6.07) is 1.85. The van der Waals surface area contributed by atoms with E-state index < -0.39 is 0 Å². The lowest BCUT2D eigenvalue weighted by molar-refractivity contribution is -0.0552. The molecule has 7 nitrogen and oxygen atoms in total. The smallest absolute Gasteiger partial charge is 0.294 e. The number of rotatable bonds is 2. The molecule has 1 amide bonds. The molecule has 3 heterocycles. The van der Waals surface area contributed by atoms with Gasteiger partial charge < -0.3 is 9.64 Å². The number of aromatic nitrogens is 4. The van der Waals surface area contributed by atoms with Crippen LogP contribution in [0.1, 0.15) is 36.1 Å². The van der Waals surface area contributed by atoms with E-state index in [0.717, 1.165) is 18.5 Å². The summed E-state index contributed by atoms with van der Waals surface area (Å²) in [6.45, 7) is 5.78. The number of hydrogen-bond acceptors (Lipinski definition) is 5. The Bertz CT molecular complexity index is 739. The zero-order valence-electron chi connectivity index (χ0n) is 12.8. The number of nitrogens with zero attached hydrogens (tertiary/aromatic N) is 5. The number of amides is 1. The van der Waals surface area contributed by atoms with Crippen LogP contribution in [0.2, 0.25) is 0 Å². The van der Waals surface area contributed by atoms with E-state index in [1.54, 1.807) is 10.7 Å². The maximum Gasteiger partial charge on any atom is 0.294 e. The van der Waals surface area contributed by atoms with E-state index in [4.69, 9.17) is 4.74 Å². The predicted octanol–water partition coefficient (Wildman–Crippen LogP) is 1.07. The van der Waals surface area contributed by atoms with E-state index in [-0.39, 0.29) is 17.3 Å². The maximum absolute atomic E-state index is 12.9. The second-order valence-corrected chi connectivity index (χ2v) is 6.37. The van der Waals surface area contributed by atoms with Crippen LogP contribution < -0.4 is 0 Å². The zero-order valence-corrected chi connectivity index (χ0v) is 12.8. The lowest BCUT2D eigenvalue weighted by Gasteiger charge is -2.44. The number of carbonyl (C=O) groups is 1. The van der Waals surface area contributed by atoms with E-state index >= 15 is 0 Å². The van der Waals surface area contributed by atoms with Gasteiger partial charge in [-0.15, -0.1) is 5.10 Å². The van der Waals surface area contributed by atoms with Gasteiger partial charge in [-0.1, -0.05) is 0 Å². The molecule has 0 spiro atoms. The SMILES string of the molecule is Cc1ccnc2nc(C(=O)N3CCOC[C@@]3(C)C3CC3)nn12. The minimum Gasteiger partial charge on any atom is -0.377 e. The van der Waals surface area contributed by atoms with E-state index in [2.05, 4.69) is 22.0 Å². The van der Waals surface area contributed by atoms with Crippen molar-refractivity contribution in [3.05, 3.63) is 23.8 Å². The van der Waals surface area contributed by atoms with Crippen LogP contribution in [0.15, 0.2) is 12.3 Å². The maximum atomic E-state index is 12.9. The molecule has 4 rings (SSSR count). The molecular weight excluding hydrogens is 282 g/mol. The van der Waals surface area contributed by atoms with E-state index in [0.29, 0.717) is 31.5 Å². The van der Waals surface area contributed by atoms with Crippen LogP contribution in [0.4, 0.5) is 0 Å². The van der Waals surface area contributed by atoms with Gasteiger partial charge in [0.05, 0.1) is 18.8 Å². The summed E-state index contributed by atoms with van der Waals surface area (Å²) >= 11 is 0. The van der Waals surface area contributed by atoms with Gasteiger partial charge in [0.15, 0.2) is 0 Å². The van der Waals surface area contributed by atoms with Gasteiger partial charge in [0.1, 0.15) is 0 Å². The van der Waals surface area contributed by atoms with Crippen LogP contribution in [0.25, 0.3) is 5.78 Å². The van der Waals surface area contributed by atoms with E-state index in [9.17, 15) is 4.79 Å². The van der Waals surface area contributed by atoms with Crippen LogP contribution in [0.5, 0.6) is 0 Å². The average Bonchev–Trinajstić information content (AvgIpc) is 3.28. The monoisotopic (exact) mass is 301 g/mol. The zero-order chi connectivity index (χ0) is 15.3. The van der Waals surface area contributed by atoms with Gasteiger partial charge in [-0.25, -0.2) is 9.50 Å². The molecule has 2 fully saturated rings. The van der Waals surface area contributed by atoms with Gasteiger partial charge in [0.25, 0.3) is 11.7 Å². The van der Waals surface area contributed by atoms with Crippen molar-refractivity contribution in [2.45, 2.75) is 32.2 Å². The third-order valence-electron chi connectivity index (χ3n) is 4.79. The summed E-state index contributed by atoms with van der Waals surface area (Å²) in [5.74, 6) is 1.08. The minimum absolute atomic E-state index is 0.123. The van der Waals surface area contributed by atoms with Crippen molar-refractivity contribution in [2.24, 2.45) is 5.92 Å². The van der Waals surface area contributed by atoms with Crippen molar-refractivity contribution < 1.29 is 9.53 Å². The molecule has 2 aromatic rings. The lowest BCUT2D eigenvalue weighted by Crippen LogP contribution is -2.58. The standard InChI is InChI=1S/C15H19N5O2/c1-10-5-6-16-14-17-12(18-20(10)14)13(21)19-7-8-22-9-15(19,2)11-3-4-11/h5-6,11H,3-4,7-9H2,1-2H3/t15-/m0/s1. The molecular formula is C15H19N5O2. The van der Waals surface area contributed by atoms with Crippen molar-refractivity contribution in [1.82, 2.24) is 24.5 Å². The third kappa shape index (κ3) is 1.99. The molecule has 0 unspecified atom stereocenters. The molecule has 1 aliphatic carbocycles. The summed E-state index contributed by atoms with van der Waals surface area (Å²) in [7, 11) is 0. The van der Waals surface area contributed by atoms with Gasteiger partial charge in [0.2, 0.25) is 5.82 Å². The molecule has 0 bridgehead atoms. The van der Waals surface area contributed by atoms with Crippen LogP contribution in [-0.4, -0.2) is 55.7 Å². The molecule has 0 aromatic carbocycles. The summed E-state index contributed by atoms with van der Waals surface area (Å²) in [5.41, 5.74) is 0.665. The molecule has 7 heteroatoms. The van der Waals surface area contributed by atoms with Crippen molar-refractivity contribution >= 4 is 11.7 Å². The van der Waals surface area contributed by atoms with Gasteiger partial charge >= 0.3 is 0 Å². The molecule has 22 heavy (non-hydrogen) atoms. The summed E-state index contributed by atoms with van der Waals surface area (Å²) in [4.78, 5) is 23.3. The summed E-state index contributed by atoms with van der Waals surface area (Å²) in [5, 5.41) is 4.34. The Morgan fingerprint density at radius 1 is 1.45 bits per heavy atom. The molecule has 2 aromatic heterocycles. The Hall–Kier alpha value is -2.02. The number of carbonyl (C=O) groups excluding carboxylic acids is 1. The van der Waals surface area contributed by atoms with Gasteiger partial charge in [0, 0.05) is 18.4 Å². The topological polar surface area (TPSA) is 72.6 Å². The summed E-state index contributed by atoms with van der Waals surface area (Å²) in [6.07, 6.45) is 3.99. The first kappa shape index (κ1) is 13.6. The van der Waals surface area contributed by atoms with Crippen molar-refractivity contribution in [3.8, 4) is 0 Å².